The van der Waals surface area contributed by atoms with Crippen molar-refractivity contribution in [2.24, 2.45) is 0 Å². The molecule has 1 unspecified atom stereocenters. The average Bonchev–Trinajstić information content (AvgIpc) is 3.02. The van der Waals surface area contributed by atoms with Crippen molar-refractivity contribution in [3.8, 4) is 17.2 Å². The number of carbonyl (C=O) groups is 1. The van der Waals surface area contributed by atoms with E-state index < -0.39 is 0 Å². The molecule has 0 radical (unpaired) electrons. The molecule has 29 heavy (non-hydrogen) atoms. The minimum Gasteiger partial charge on any atom is -0.486 e. The highest BCUT2D eigenvalue weighted by atomic mass is 16.6. The van der Waals surface area contributed by atoms with E-state index in [4.69, 9.17) is 9.47 Å². The Balaban J connectivity index is 1.43. The van der Waals surface area contributed by atoms with Crippen LogP contribution in [0.4, 0.5) is 0 Å². The van der Waals surface area contributed by atoms with Crippen LogP contribution in [0.1, 0.15) is 17.0 Å². The van der Waals surface area contributed by atoms with Gasteiger partial charge in [0.05, 0.1) is 24.3 Å². The van der Waals surface area contributed by atoms with Crippen LogP contribution in [-0.4, -0.2) is 46.9 Å². The molecule has 0 spiro atoms. The number of ether oxygens (including phenoxy) is 2. The quantitative estimate of drug-likeness (QED) is 0.669. The molecule has 6 heteroatoms. The molecule has 1 aliphatic rings. The third kappa shape index (κ3) is 3.97. The Labute approximate surface area is 170 Å². The lowest BCUT2D eigenvalue weighted by Gasteiger charge is -2.29. The highest BCUT2D eigenvalue weighted by Crippen LogP contribution is 2.31. The number of likely N-dealkylation sites (N-methyl/N-ethyl adjacent to an activating group) is 1. The average molecular weight is 391 g/mol. The summed E-state index contributed by atoms with van der Waals surface area (Å²) >= 11 is 0. The van der Waals surface area contributed by atoms with Crippen molar-refractivity contribution in [1.82, 2.24) is 14.7 Å². The molecular formula is C23H25N3O3. The molecule has 0 aliphatic carbocycles. The minimum atomic E-state index is -0.187. The van der Waals surface area contributed by atoms with Crippen molar-refractivity contribution in [3.63, 3.8) is 0 Å². The number of rotatable bonds is 5. The maximum absolute atomic E-state index is 12.9. The highest BCUT2D eigenvalue weighted by molar-refractivity contribution is 5.79. The van der Waals surface area contributed by atoms with Gasteiger partial charge in [-0.2, -0.15) is 5.10 Å². The number of carbonyl (C=O) groups excluding carboxylic acids is 1. The van der Waals surface area contributed by atoms with E-state index in [9.17, 15) is 4.79 Å². The van der Waals surface area contributed by atoms with E-state index in [1.165, 1.54) is 0 Å². The number of fused-ring (bicyclic) bond motifs is 1. The molecule has 0 bridgehead atoms. The molecule has 0 N–H and O–H groups in total. The summed E-state index contributed by atoms with van der Waals surface area (Å²) < 4.78 is 13.6. The summed E-state index contributed by atoms with van der Waals surface area (Å²) in [5, 5.41) is 4.63. The summed E-state index contributed by atoms with van der Waals surface area (Å²) in [5.41, 5.74) is 3.82. The van der Waals surface area contributed by atoms with Gasteiger partial charge >= 0.3 is 0 Å². The Morgan fingerprint density at radius 1 is 1.10 bits per heavy atom. The van der Waals surface area contributed by atoms with Crippen molar-refractivity contribution in [3.05, 3.63) is 71.5 Å². The van der Waals surface area contributed by atoms with Crippen LogP contribution in [0.2, 0.25) is 0 Å². The summed E-state index contributed by atoms with van der Waals surface area (Å²) in [5.74, 6) is 1.50. The fourth-order valence-corrected chi connectivity index (χ4v) is 3.60. The van der Waals surface area contributed by atoms with Crippen LogP contribution < -0.4 is 9.47 Å². The maximum atomic E-state index is 12.9. The zero-order valence-corrected chi connectivity index (χ0v) is 17.0. The standard InChI is InChI=1S/C23H25N3O3/c1-16-20(17(2)26(24-16)18-9-5-4-6-10-18)13-23(27)25(3)14-19-15-28-21-11-7-8-12-22(21)29-19/h4-12,19H,13-15H2,1-3H3. The second-order valence-electron chi connectivity index (χ2n) is 7.35. The predicted octanol–water partition coefficient (Wildman–Crippen LogP) is 3.33. The van der Waals surface area contributed by atoms with Gasteiger partial charge in [0.2, 0.25) is 5.91 Å². The van der Waals surface area contributed by atoms with E-state index >= 15 is 0 Å². The Bertz CT molecular complexity index is 1010. The van der Waals surface area contributed by atoms with Crippen molar-refractivity contribution in [1.29, 1.82) is 0 Å². The summed E-state index contributed by atoms with van der Waals surface area (Å²) in [4.78, 5) is 14.6. The topological polar surface area (TPSA) is 56.6 Å². The monoisotopic (exact) mass is 391 g/mol. The number of para-hydroxylation sites is 3. The lowest BCUT2D eigenvalue weighted by Crippen LogP contribution is -2.42. The third-order valence-electron chi connectivity index (χ3n) is 5.24. The van der Waals surface area contributed by atoms with Gasteiger partial charge in [-0.1, -0.05) is 30.3 Å². The van der Waals surface area contributed by atoms with Crippen molar-refractivity contribution >= 4 is 5.91 Å². The first kappa shape index (κ1) is 19.1. The van der Waals surface area contributed by atoms with Gasteiger partial charge in [0.15, 0.2) is 17.6 Å². The van der Waals surface area contributed by atoms with Gasteiger partial charge in [-0.3, -0.25) is 4.79 Å². The lowest BCUT2D eigenvalue weighted by molar-refractivity contribution is -0.130. The zero-order valence-electron chi connectivity index (χ0n) is 17.0. The molecule has 4 rings (SSSR count). The van der Waals surface area contributed by atoms with Crippen LogP contribution in [0.25, 0.3) is 5.69 Å². The summed E-state index contributed by atoms with van der Waals surface area (Å²) in [7, 11) is 1.80. The molecule has 1 aliphatic heterocycles. The molecule has 0 fully saturated rings. The smallest absolute Gasteiger partial charge is 0.227 e. The van der Waals surface area contributed by atoms with E-state index in [0.717, 1.165) is 34.1 Å². The van der Waals surface area contributed by atoms with E-state index in [1.807, 2.05) is 73.1 Å². The van der Waals surface area contributed by atoms with Gasteiger partial charge in [0.1, 0.15) is 6.61 Å². The van der Waals surface area contributed by atoms with E-state index in [0.29, 0.717) is 19.6 Å². The molecule has 6 nitrogen and oxygen atoms in total. The first-order chi connectivity index (χ1) is 14.0. The van der Waals surface area contributed by atoms with Gasteiger partial charge in [-0.25, -0.2) is 4.68 Å². The Morgan fingerprint density at radius 2 is 1.79 bits per heavy atom. The number of hydrogen-bond donors (Lipinski definition) is 0. The largest absolute Gasteiger partial charge is 0.486 e. The molecule has 0 saturated carbocycles. The summed E-state index contributed by atoms with van der Waals surface area (Å²) in [6.07, 6.45) is 0.124. The van der Waals surface area contributed by atoms with E-state index in [2.05, 4.69) is 5.10 Å². The third-order valence-corrected chi connectivity index (χ3v) is 5.24. The molecule has 1 amide bonds. The zero-order chi connectivity index (χ0) is 20.4. The fourth-order valence-electron chi connectivity index (χ4n) is 3.60. The van der Waals surface area contributed by atoms with Gasteiger partial charge < -0.3 is 14.4 Å². The molecule has 2 heterocycles. The lowest BCUT2D eigenvalue weighted by atomic mass is 10.1. The van der Waals surface area contributed by atoms with Crippen LogP contribution in [0.5, 0.6) is 11.5 Å². The number of nitrogens with zero attached hydrogens (tertiary/aromatic N) is 3. The molecule has 2 aromatic carbocycles. The van der Waals surface area contributed by atoms with Crippen LogP contribution in [-0.2, 0) is 11.2 Å². The first-order valence-electron chi connectivity index (χ1n) is 9.76. The van der Waals surface area contributed by atoms with Gasteiger partial charge in [-0.15, -0.1) is 0 Å². The molecule has 150 valence electrons. The Morgan fingerprint density at radius 3 is 2.55 bits per heavy atom. The minimum absolute atomic E-state index is 0.0336. The van der Waals surface area contributed by atoms with Crippen molar-refractivity contribution in [2.45, 2.75) is 26.4 Å². The number of hydrogen-bond acceptors (Lipinski definition) is 4. The molecular weight excluding hydrogens is 366 g/mol. The van der Waals surface area contributed by atoms with Crippen molar-refractivity contribution in [2.75, 3.05) is 20.2 Å². The Kier molecular flexibility index (Phi) is 5.25. The molecule has 1 aromatic heterocycles. The predicted molar refractivity (Wildman–Crippen MR) is 111 cm³/mol. The first-order valence-corrected chi connectivity index (χ1v) is 9.76. The van der Waals surface area contributed by atoms with Gasteiger partial charge in [0.25, 0.3) is 0 Å². The summed E-state index contributed by atoms with van der Waals surface area (Å²) in [6.45, 7) is 4.85. The van der Waals surface area contributed by atoms with Crippen LogP contribution >= 0.6 is 0 Å². The second kappa shape index (κ2) is 7.99. The van der Waals surface area contributed by atoms with E-state index in [1.54, 1.807) is 11.9 Å². The van der Waals surface area contributed by atoms with E-state index in [-0.39, 0.29) is 12.0 Å². The fraction of sp³-hybridized carbons (Fsp3) is 0.304. The number of benzene rings is 2. The molecule has 1 atom stereocenters. The molecule has 3 aromatic rings. The SMILES string of the molecule is Cc1nn(-c2ccccc2)c(C)c1CC(=O)N(C)CC1COc2ccccc2O1. The summed E-state index contributed by atoms with van der Waals surface area (Å²) in [6, 6.07) is 17.6. The number of amides is 1. The maximum Gasteiger partial charge on any atom is 0.227 e. The Hall–Kier alpha value is -3.28. The van der Waals surface area contributed by atoms with Crippen molar-refractivity contribution < 1.29 is 14.3 Å². The number of aromatic nitrogens is 2. The van der Waals surface area contributed by atoms with Gasteiger partial charge in [0, 0.05) is 18.3 Å². The number of aryl methyl sites for hydroxylation is 1. The highest BCUT2D eigenvalue weighted by Gasteiger charge is 2.25. The van der Waals surface area contributed by atoms with Crippen LogP contribution in [0, 0.1) is 13.8 Å². The van der Waals surface area contributed by atoms with Crippen LogP contribution in [0.15, 0.2) is 54.6 Å². The molecule has 0 saturated heterocycles. The van der Waals surface area contributed by atoms with Crippen LogP contribution in [0.3, 0.4) is 0 Å². The second-order valence-corrected chi connectivity index (χ2v) is 7.35. The normalized spacial score (nSPS) is 15.2. The van der Waals surface area contributed by atoms with Gasteiger partial charge in [-0.05, 0) is 38.1 Å².